The highest BCUT2D eigenvalue weighted by Gasteiger charge is 2.28. The Kier molecular flexibility index (Phi) is 6.84. The summed E-state index contributed by atoms with van der Waals surface area (Å²) < 4.78 is 64.0. The summed E-state index contributed by atoms with van der Waals surface area (Å²) in [6.07, 6.45) is -3.64. The molecule has 2 aromatic rings. The van der Waals surface area contributed by atoms with Crippen LogP contribution < -0.4 is 10.0 Å². The molecule has 0 heterocycles. The molecule has 5 nitrogen and oxygen atoms in total. The number of benzene rings is 2. The molecule has 1 unspecified atom stereocenters. The van der Waals surface area contributed by atoms with Crippen molar-refractivity contribution < 1.29 is 26.4 Å². The van der Waals surface area contributed by atoms with Crippen molar-refractivity contribution in [1.29, 1.82) is 0 Å². The first kappa shape index (κ1) is 21.9. The van der Waals surface area contributed by atoms with Crippen LogP contribution in [0.1, 0.15) is 41.4 Å². The number of carbonyl (C=O) groups is 1. The predicted molar refractivity (Wildman–Crippen MR) is 99.4 cm³/mol. The number of sulfonamides is 1. The first-order chi connectivity index (χ1) is 13.0. The molecule has 0 spiro atoms. The van der Waals surface area contributed by atoms with Crippen LogP contribution in [0.15, 0.2) is 53.4 Å². The summed E-state index contributed by atoms with van der Waals surface area (Å²) in [5.41, 5.74) is 1.87. The molecule has 2 rings (SSSR count). The number of hydrogen-bond donors (Lipinski definition) is 2. The molecule has 152 valence electrons. The molecule has 0 bridgehead atoms. The number of halogens is 3. The van der Waals surface area contributed by atoms with E-state index in [0.29, 0.717) is 0 Å². The molecule has 2 N–H and O–H groups in total. The Morgan fingerprint density at radius 2 is 1.61 bits per heavy atom. The van der Waals surface area contributed by atoms with E-state index in [1.165, 1.54) is 24.3 Å². The smallest absolute Gasteiger partial charge is 0.343 e. The predicted octanol–water partition coefficient (Wildman–Crippen LogP) is 3.58. The zero-order valence-corrected chi connectivity index (χ0v) is 16.2. The minimum Gasteiger partial charge on any atom is -0.343 e. The maximum absolute atomic E-state index is 12.5. The number of amides is 1. The molecule has 0 saturated carbocycles. The Bertz CT molecular complexity index is 909. The van der Waals surface area contributed by atoms with Gasteiger partial charge in [0.15, 0.2) is 0 Å². The lowest BCUT2D eigenvalue weighted by atomic mass is 10.1. The minimum atomic E-state index is -4.52. The van der Waals surface area contributed by atoms with Crippen molar-refractivity contribution in [2.45, 2.75) is 37.4 Å². The highest BCUT2D eigenvalue weighted by atomic mass is 32.2. The van der Waals surface area contributed by atoms with E-state index in [2.05, 4.69) is 4.72 Å². The van der Waals surface area contributed by atoms with Crippen LogP contribution in [0.2, 0.25) is 0 Å². The second kappa shape index (κ2) is 8.74. The number of carbonyl (C=O) groups excluding carboxylic acids is 1. The van der Waals surface area contributed by atoms with Crippen LogP contribution in [0, 0.1) is 0 Å². The molecule has 2 aromatic carbocycles. The van der Waals surface area contributed by atoms with Gasteiger partial charge in [0, 0.05) is 11.6 Å². The van der Waals surface area contributed by atoms with E-state index in [1.54, 1.807) is 12.2 Å². The van der Waals surface area contributed by atoms with Gasteiger partial charge in [-0.3, -0.25) is 4.79 Å². The second-order valence-corrected chi connectivity index (χ2v) is 7.97. The molecular formula is C19H21F3N2O3S. The second-order valence-electron chi connectivity index (χ2n) is 6.26. The Labute approximate surface area is 162 Å². The van der Waals surface area contributed by atoms with E-state index in [0.717, 1.165) is 17.5 Å². The van der Waals surface area contributed by atoms with Gasteiger partial charge in [0.05, 0.1) is 4.90 Å². The van der Waals surface area contributed by atoms with E-state index in [-0.39, 0.29) is 10.5 Å². The zero-order valence-electron chi connectivity index (χ0n) is 15.4. The molecule has 0 saturated heterocycles. The Hall–Kier alpha value is -2.39. The summed E-state index contributed by atoms with van der Waals surface area (Å²) in [4.78, 5) is 11.6. The molecule has 0 aliphatic carbocycles. The van der Waals surface area contributed by atoms with Crippen molar-refractivity contribution in [3.05, 3.63) is 65.2 Å². The fourth-order valence-electron chi connectivity index (χ4n) is 2.48. The van der Waals surface area contributed by atoms with Gasteiger partial charge >= 0.3 is 6.18 Å². The number of nitrogens with one attached hydrogen (secondary N) is 2. The molecule has 1 atom stereocenters. The van der Waals surface area contributed by atoms with Crippen molar-refractivity contribution in [2.75, 3.05) is 6.54 Å². The van der Waals surface area contributed by atoms with Gasteiger partial charge in [-0.15, -0.1) is 0 Å². The average Bonchev–Trinajstić information content (AvgIpc) is 2.65. The SMILES string of the molecule is CCc1ccc(C(C)NS(=O)(=O)c2ccc(C(=O)NCC(F)(F)F)cc2)cc1. The normalized spacial score (nSPS) is 13.2. The highest BCUT2D eigenvalue weighted by molar-refractivity contribution is 7.89. The van der Waals surface area contributed by atoms with Gasteiger partial charge in [-0.25, -0.2) is 13.1 Å². The third kappa shape index (κ3) is 6.07. The van der Waals surface area contributed by atoms with Gasteiger partial charge in [0.25, 0.3) is 5.91 Å². The summed E-state index contributed by atoms with van der Waals surface area (Å²) in [7, 11) is -3.86. The van der Waals surface area contributed by atoms with Crippen LogP contribution in [0.5, 0.6) is 0 Å². The summed E-state index contributed by atoms with van der Waals surface area (Å²) in [6, 6.07) is 11.8. The fourth-order valence-corrected chi connectivity index (χ4v) is 3.71. The first-order valence-corrected chi connectivity index (χ1v) is 10.1. The lowest BCUT2D eigenvalue weighted by molar-refractivity contribution is -0.123. The van der Waals surface area contributed by atoms with Crippen LogP contribution in [-0.4, -0.2) is 27.0 Å². The molecule has 0 aliphatic heterocycles. The monoisotopic (exact) mass is 414 g/mol. The maximum Gasteiger partial charge on any atom is 0.405 e. The van der Waals surface area contributed by atoms with E-state index < -0.39 is 34.7 Å². The molecule has 9 heteroatoms. The minimum absolute atomic E-state index is 0.0635. The van der Waals surface area contributed by atoms with Gasteiger partial charge in [0.2, 0.25) is 10.0 Å². The summed E-state index contributed by atoms with van der Waals surface area (Å²) in [5, 5.41) is 1.73. The molecule has 28 heavy (non-hydrogen) atoms. The lowest BCUT2D eigenvalue weighted by Crippen LogP contribution is -2.33. The molecule has 0 radical (unpaired) electrons. The first-order valence-electron chi connectivity index (χ1n) is 8.58. The third-order valence-corrected chi connectivity index (χ3v) is 5.65. The summed E-state index contributed by atoms with van der Waals surface area (Å²) in [6.45, 7) is 2.27. The number of rotatable bonds is 7. The van der Waals surface area contributed by atoms with Crippen LogP contribution in [0.25, 0.3) is 0 Å². The van der Waals surface area contributed by atoms with Crippen LogP contribution in [0.3, 0.4) is 0 Å². The van der Waals surface area contributed by atoms with Gasteiger partial charge in [-0.2, -0.15) is 13.2 Å². The van der Waals surface area contributed by atoms with E-state index in [9.17, 15) is 26.4 Å². The van der Waals surface area contributed by atoms with Gasteiger partial charge in [-0.1, -0.05) is 31.2 Å². The Morgan fingerprint density at radius 1 is 1.04 bits per heavy atom. The van der Waals surface area contributed by atoms with Crippen molar-refractivity contribution in [2.24, 2.45) is 0 Å². The molecule has 0 fully saturated rings. The highest BCUT2D eigenvalue weighted by Crippen LogP contribution is 2.19. The quantitative estimate of drug-likeness (QED) is 0.727. The number of alkyl halides is 3. The van der Waals surface area contributed by atoms with Crippen LogP contribution in [-0.2, 0) is 16.4 Å². The Balaban J connectivity index is 2.07. The molecule has 0 aromatic heterocycles. The molecule has 0 aliphatic rings. The standard InChI is InChI=1S/C19H21F3N2O3S/c1-3-14-4-6-15(7-5-14)13(2)24-28(26,27)17-10-8-16(9-11-17)18(25)23-12-19(20,21)22/h4-11,13,24H,3,12H2,1-2H3,(H,23,25). The van der Waals surface area contributed by atoms with Crippen molar-refractivity contribution in [3.8, 4) is 0 Å². The van der Waals surface area contributed by atoms with E-state index in [1.807, 2.05) is 31.2 Å². The lowest BCUT2D eigenvalue weighted by Gasteiger charge is -2.15. The zero-order chi connectivity index (χ0) is 20.9. The van der Waals surface area contributed by atoms with Crippen LogP contribution >= 0.6 is 0 Å². The largest absolute Gasteiger partial charge is 0.405 e. The number of hydrogen-bond acceptors (Lipinski definition) is 3. The number of aryl methyl sites for hydroxylation is 1. The summed E-state index contributed by atoms with van der Waals surface area (Å²) in [5.74, 6) is -0.932. The average molecular weight is 414 g/mol. The van der Waals surface area contributed by atoms with Crippen molar-refractivity contribution in [3.63, 3.8) is 0 Å². The summed E-state index contributed by atoms with van der Waals surface area (Å²) >= 11 is 0. The van der Waals surface area contributed by atoms with E-state index >= 15 is 0 Å². The molecule has 1 amide bonds. The van der Waals surface area contributed by atoms with Crippen molar-refractivity contribution >= 4 is 15.9 Å². The van der Waals surface area contributed by atoms with E-state index in [4.69, 9.17) is 0 Å². The molecular weight excluding hydrogens is 393 g/mol. The van der Waals surface area contributed by atoms with Gasteiger partial charge < -0.3 is 5.32 Å². The topological polar surface area (TPSA) is 75.3 Å². The fraction of sp³-hybridized carbons (Fsp3) is 0.316. The third-order valence-electron chi connectivity index (χ3n) is 4.10. The van der Waals surface area contributed by atoms with Crippen LogP contribution in [0.4, 0.5) is 13.2 Å². The van der Waals surface area contributed by atoms with Crippen molar-refractivity contribution in [1.82, 2.24) is 10.0 Å². The van der Waals surface area contributed by atoms with Gasteiger partial charge in [0.1, 0.15) is 6.54 Å². The Morgan fingerprint density at radius 3 is 2.11 bits per heavy atom. The maximum atomic E-state index is 12.5. The van der Waals surface area contributed by atoms with Gasteiger partial charge in [-0.05, 0) is 48.7 Å².